The molecule has 1 heterocycles. The van der Waals surface area contributed by atoms with E-state index in [0.717, 1.165) is 0 Å². The first-order valence-electron chi connectivity index (χ1n) is 5.87. The summed E-state index contributed by atoms with van der Waals surface area (Å²) >= 11 is 0. The van der Waals surface area contributed by atoms with Gasteiger partial charge in [0.25, 0.3) is 0 Å². The molecule has 0 bridgehead atoms. The molecule has 3 N–H and O–H groups in total. The maximum atomic E-state index is 10.7. The van der Waals surface area contributed by atoms with E-state index < -0.39 is 11.5 Å². The highest BCUT2D eigenvalue weighted by atomic mass is 16.4. The topological polar surface area (TPSA) is 87.1 Å². The van der Waals surface area contributed by atoms with Crippen molar-refractivity contribution < 1.29 is 9.90 Å². The van der Waals surface area contributed by atoms with E-state index in [-0.39, 0.29) is 12.5 Å². The van der Waals surface area contributed by atoms with E-state index in [1.54, 1.807) is 6.07 Å². The maximum absolute atomic E-state index is 10.7. The van der Waals surface area contributed by atoms with Gasteiger partial charge in [-0.05, 0) is 27.7 Å². The van der Waals surface area contributed by atoms with Crippen LogP contribution < -0.4 is 10.6 Å². The predicted octanol–water partition coefficient (Wildman–Crippen LogP) is 1.96. The maximum Gasteiger partial charge on any atom is 0.305 e. The zero-order valence-electron chi connectivity index (χ0n) is 11.2. The molecule has 0 unspecified atom stereocenters. The van der Waals surface area contributed by atoms with E-state index >= 15 is 0 Å². The van der Waals surface area contributed by atoms with Gasteiger partial charge in [0.05, 0.1) is 6.42 Å². The van der Waals surface area contributed by atoms with Crippen molar-refractivity contribution in [3.63, 3.8) is 0 Å². The second-order valence-corrected chi connectivity index (χ2v) is 5.17. The summed E-state index contributed by atoms with van der Waals surface area (Å²) in [4.78, 5) is 18.9. The first kappa shape index (κ1) is 14.2. The number of carboxylic acids is 1. The molecule has 0 saturated carbocycles. The normalized spacial score (nSPS) is 11.4. The molecule has 0 atom stereocenters. The van der Waals surface area contributed by atoms with Crippen LogP contribution in [0.4, 0.5) is 11.6 Å². The van der Waals surface area contributed by atoms with Gasteiger partial charge in [0, 0.05) is 17.6 Å². The number of carbonyl (C=O) groups is 1. The Morgan fingerprint density at radius 3 is 2.56 bits per heavy atom. The molecule has 100 valence electrons. The van der Waals surface area contributed by atoms with E-state index in [1.165, 1.54) is 6.33 Å². The van der Waals surface area contributed by atoms with Crippen molar-refractivity contribution in [2.75, 3.05) is 10.6 Å². The van der Waals surface area contributed by atoms with Crippen molar-refractivity contribution in [1.29, 1.82) is 0 Å². The number of hydrogen-bond acceptors (Lipinski definition) is 5. The fraction of sp³-hybridized carbons (Fsp3) is 0.583. The molecule has 0 radical (unpaired) electrons. The average Bonchev–Trinajstić information content (AvgIpc) is 2.13. The van der Waals surface area contributed by atoms with Gasteiger partial charge in [0.15, 0.2) is 0 Å². The molecule has 0 saturated heterocycles. The summed E-state index contributed by atoms with van der Waals surface area (Å²) in [7, 11) is 0. The van der Waals surface area contributed by atoms with Crippen LogP contribution in [0.15, 0.2) is 12.4 Å². The van der Waals surface area contributed by atoms with Crippen LogP contribution in [0, 0.1) is 0 Å². The zero-order chi connectivity index (χ0) is 13.8. The molecule has 0 aliphatic heterocycles. The zero-order valence-corrected chi connectivity index (χ0v) is 11.2. The summed E-state index contributed by atoms with van der Waals surface area (Å²) in [5, 5.41) is 15.1. The Morgan fingerprint density at radius 2 is 2.00 bits per heavy atom. The van der Waals surface area contributed by atoms with Crippen molar-refractivity contribution in [2.45, 2.75) is 45.7 Å². The second kappa shape index (κ2) is 5.66. The number of anilines is 2. The summed E-state index contributed by atoms with van der Waals surface area (Å²) < 4.78 is 0. The van der Waals surface area contributed by atoms with Gasteiger partial charge in [-0.25, -0.2) is 9.97 Å². The molecule has 0 fully saturated rings. The molecule has 0 aromatic carbocycles. The SMILES string of the molecule is CC(C)Nc1cc(NC(C)(C)CC(=O)O)ncn1. The Kier molecular flexibility index (Phi) is 4.47. The van der Waals surface area contributed by atoms with Crippen LogP contribution in [-0.4, -0.2) is 32.6 Å². The molecule has 0 spiro atoms. The second-order valence-electron chi connectivity index (χ2n) is 5.17. The standard InChI is InChI=1S/C12H20N4O2/c1-8(2)15-9-5-10(14-7-13-9)16-12(3,4)6-11(17)18/h5,7-8H,6H2,1-4H3,(H,17,18)(H2,13,14,15,16). The molecule has 1 rings (SSSR count). The number of hydrogen-bond donors (Lipinski definition) is 3. The van der Waals surface area contributed by atoms with Crippen molar-refractivity contribution >= 4 is 17.6 Å². The molecule has 0 aliphatic rings. The monoisotopic (exact) mass is 252 g/mol. The van der Waals surface area contributed by atoms with Crippen LogP contribution in [-0.2, 0) is 4.79 Å². The summed E-state index contributed by atoms with van der Waals surface area (Å²) in [6, 6.07) is 2.05. The smallest absolute Gasteiger partial charge is 0.305 e. The van der Waals surface area contributed by atoms with E-state index in [2.05, 4.69) is 20.6 Å². The first-order chi connectivity index (χ1) is 8.28. The van der Waals surface area contributed by atoms with Crippen molar-refractivity contribution in [3.05, 3.63) is 12.4 Å². The third-order valence-corrected chi connectivity index (χ3v) is 2.16. The third-order valence-electron chi connectivity index (χ3n) is 2.16. The Bertz CT molecular complexity index is 418. The molecule has 18 heavy (non-hydrogen) atoms. The van der Waals surface area contributed by atoms with Crippen LogP contribution in [0.3, 0.4) is 0 Å². The van der Waals surface area contributed by atoms with E-state index in [0.29, 0.717) is 11.6 Å². The highest BCUT2D eigenvalue weighted by Gasteiger charge is 2.21. The number of carboxylic acid groups (broad SMARTS) is 1. The lowest BCUT2D eigenvalue weighted by Gasteiger charge is -2.25. The third kappa shape index (κ3) is 4.99. The van der Waals surface area contributed by atoms with Gasteiger partial charge in [-0.2, -0.15) is 0 Å². The van der Waals surface area contributed by atoms with Gasteiger partial charge >= 0.3 is 5.97 Å². The minimum Gasteiger partial charge on any atom is -0.481 e. The van der Waals surface area contributed by atoms with E-state index in [4.69, 9.17) is 5.11 Å². The average molecular weight is 252 g/mol. The highest BCUT2D eigenvalue weighted by molar-refractivity contribution is 5.69. The molecule has 6 heteroatoms. The molecule has 6 nitrogen and oxygen atoms in total. The van der Waals surface area contributed by atoms with Crippen LogP contribution in [0.5, 0.6) is 0 Å². The van der Waals surface area contributed by atoms with Gasteiger partial charge in [-0.3, -0.25) is 4.79 Å². The summed E-state index contributed by atoms with van der Waals surface area (Å²) in [6.07, 6.45) is 1.47. The number of nitrogens with zero attached hydrogens (tertiary/aromatic N) is 2. The predicted molar refractivity (Wildman–Crippen MR) is 70.7 cm³/mol. The summed E-state index contributed by atoms with van der Waals surface area (Å²) in [6.45, 7) is 7.67. The summed E-state index contributed by atoms with van der Waals surface area (Å²) in [5.74, 6) is 0.482. The lowest BCUT2D eigenvalue weighted by molar-refractivity contribution is -0.137. The van der Waals surface area contributed by atoms with Gasteiger partial charge in [-0.1, -0.05) is 0 Å². The van der Waals surface area contributed by atoms with Crippen LogP contribution in [0.2, 0.25) is 0 Å². The van der Waals surface area contributed by atoms with Crippen molar-refractivity contribution in [3.8, 4) is 0 Å². The number of aliphatic carboxylic acids is 1. The number of nitrogens with one attached hydrogen (secondary N) is 2. The molecular weight excluding hydrogens is 232 g/mol. The highest BCUT2D eigenvalue weighted by Crippen LogP contribution is 2.18. The fourth-order valence-electron chi connectivity index (χ4n) is 1.57. The van der Waals surface area contributed by atoms with Gasteiger partial charge < -0.3 is 15.7 Å². The quantitative estimate of drug-likeness (QED) is 0.717. The molecule has 1 aromatic heterocycles. The van der Waals surface area contributed by atoms with Crippen LogP contribution >= 0.6 is 0 Å². The Balaban J connectivity index is 2.75. The Morgan fingerprint density at radius 1 is 1.39 bits per heavy atom. The number of aromatic nitrogens is 2. The molecule has 1 aromatic rings. The number of rotatable bonds is 6. The molecule has 0 amide bonds. The van der Waals surface area contributed by atoms with Crippen LogP contribution in [0.25, 0.3) is 0 Å². The Hall–Kier alpha value is -1.85. The van der Waals surface area contributed by atoms with Crippen molar-refractivity contribution in [1.82, 2.24) is 9.97 Å². The lowest BCUT2D eigenvalue weighted by Crippen LogP contribution is -2.34. The first-order valence-corrected chi connectivity index (χ1v) is 5.87. The largest absolute Gasteiger partial charge is 0.481 e. The van der Waals surface area contributed by atoms with Gasteiger partial charge in [0.2, 0.25) is 0 Å². The summed E-state index contributed by atoms with van der Waals surface area (Å²) in [5.41, 5.74) is -0.560. The van der Waals surface area contributed by atoms with E-state index in [9.17, 15) is 4.79 Å². The van der Waals surface area contributed by atoms with Gasteiger partial charge in [0.1, 0.15) is 18.0 Å². The Labute approximate surface area is 107 Å². The van der Waals surface area contributed by atoms with E-state index in [1.807, 2.05) is 27.7 Å². The fourth-order valence-corrected chi connectivity index (χ4v) is 1.57. The molecular formula is C12H20N4O2. The minimum absolute atomic E-state index is 0.0178. The molecule has 0 aliphatic carbocycles. The minimum atomic E-state index is -0.845. The lowest BCUT2D eigenvalue weighted by atomic mass is 10.0. The van der Waals surface area contributed by atoms with Gasteiger partial charge in [-0.15, -0.1) is 0 Å². The van der Waals surface area contributed by atoms with Crippen LogP contribution in [0.1, 0.15) is 34.1 Å². The van der Waals surface area contributed by atoms with Crippen molar-refractivity contribution in [2.24, 2.45) is 0 Å².